The van der Waals surface area contributed by atoms with E-state index in [0.717, 1.165) is 0 Å². The number of sulfone groups is 1. The number of rotatable bonds is 6. The van der Waals surface area contributed by atoms with Gasteiger partial charge in [0, 0.05) is 5.25 Å². The Morgan fingerprint density at radius 2 is 2.15 bits per heavy atom. The van der Waals surface area contributed by atoms with E-state index in [-0.39, 0.29) is 47.4 Å². The van der Waals surface area contributed by atoms with Crippen molar-refractivity contribution in [2.45, 2.75) is 18.6 Å². The predicted molar refractivity (Wildman–Crippen MR) is 96.7 cm³/mol. The minimum Gasteiger partial charge on any atom is -0.462 e. The van der Waals surface area contributed by atoms with Gasteiger partial charge in [-0.1, -0.05) is 0 Å². The van der Waals surface area contributed by atoms with Crippen LogP contribution in [0.4, 0.5) is 5.69 Å². The van der Waals surface area contributed by atoms with Crippen LogP contribution in [0, 0.1) is 0 Å². The third-order valence-electron chi connectivity index (χ3n) is 3.90. The molecule has 0 aliphatic carbocycles. The summed E-state index contributed by atoms with van der Waals surface area (Å²) in [7, 11) is -2.97. The molecule has 8 nitrogen and oxygen atoms in total. The fourth-order valence-corrected chi connectivity index (χ4v) is 6.15. The Balaban J connectivity index is 1.66. The van der Waals surface area contributed by atoms with E-state index in [4.69, 9.17) is 14.2 Å². The zero-order valence-electron chi connectivity index (χ0n) is 14.1. The van der Waals surface area contributed by atoms with E-state index in [0.29, 0.717) is 23.6 Å². The van der Waals surface area contributed by atoms with Crippen molar-refractivity contribution in [3.63, 3.8) is 0 Å². The summed E-state index contributed by atoms with van der Waals surface area (Å²) >= 11 is 1.31. The topological polar surface area (TPSA) is 108 Å². The third kappa shape index (κ3) is 4.42. The van der Waals surface area contributed by atoms with Gasteiger partial charge in [0.25, 0.3) is 0 Å². The molecule has 26 heavy (non-hydrogen) atoms. The van der Waals surface area contributed by atoms with Crippen LogP contribution in [-0.4, -0.2) is 56.2 Å². The SMILES string of the molecule is CCOC(=O)c1cc(NC(=O)CSC2CCS(=O)(=O)C2)c2c(c1)OCO2. The molecule has 2 heterocycles. The summed E-state index contributed by atoms with van der Waals surface area (Å²) in [4.78, 5) is 24.2. The van der Waals surface area contributed by atoms with Crippen molar-refractivity contribution in [3.05, 3.63) is 17.7 Å². The van der Waals surface area contributed by atoms with Gasteiger partial charge in [-0.05, 0) is 25.5 Å². The maximum Gasteiger partial charge on any atom is 0.338 e. The molecule has 2 aliphatic heterocycles. The molecule has 1 amide bonds. The highest BCUT2D eigenvalue weighted by molar-refractivity contribution is 8.02. The molecule has 1 saturated heterocycles. The minimum absolute atomic E-state index is 0.000827. The summed E-state index contributed by atoms with van der Waals surface area (Å²) in [5, 5.41) is 2.63. The second kappa shape index (κ2) is 7.75. The van der Waals surface area contributed by atoms with Gasteiger partial charge in [-0.3, -0.25) is 4.79 Å². The quantitative estimate of drug-likeness (QED) is 0.714. The molecule has 0 saturated carbocycles. The molecular formula is C16H19NO7S2. The smallest absolute Gasteiger partial charge is 0.338 e. The Kier molecular flexibility index (Phi) is 5.61. The van der Waals surface area contributed by atoms with E-state index in [9.17, 15) is 18.0 Å². The van der Waals surface area contributed by atoms with E-state index < -0.39 is 15.8 Å². The predicted octanol–water partition coefficient (Wildman–Crippen LogP) is 1.45. The summed E-state index contributed by atoms with van der Waals surface area (Å²) in [5.74, 6) is 0.284. The molecule has 1 N–H and O–H groups in total. The molecule has 142 valence electrons. The molecule has 0 radical (unpaired) electrons. The van der Waals surface area contributed by atoms with E-state index in [1.165, 1.54) is 23.9 Å². The second-order valence-corrected chi connectivity index (χ2v) is 9.38. The van der Waals surface area contributed by atoms with Crippen LogP contribution in [0.1, 0.15) is 23.7 Å². The number of thioether (sulfide) groups is 1. The number of anilines is 1. The minimum atomic E-state index is -2.97. The zero-order chi connectivity index (χ0) is 18.7. The fraction of sp³-hybridized carbons (Fsp3) is 0.500. The highest BCUT2D eigenvalue weighted by Gasteiger charge is 2.29. The Morgan fingerprint density at radius 1 is 1.35 bits per heavy atom. The number of benzene rings is 1. The number of carbonyl (C=O) groups excluding carboxylic acids is 2. The first-order valence-electron chi connectivity index (χ1n) is 8.10. The van der Waals surface area contributed by atoms with E-state index in [2.05, 4.69) is 5.32 Å². The molecule has 1 aromatic carbocycles. The lowest BCUT2D eigenvalue weighted by Crippen LogP contribution is -2.18. The first-order chi connectivity index (χ1) is 12.4. The standard InChI is InChI=1S/C16H19NO7S2/c1-2-22-16(19)10-5-12(15-13(6-10)23-9-24-15)17-14(18)7-25-11-3-4-26(20,21)8-11/h5-6,11H,2-4,7-9H2,1H3,(H,17,18). The van der Waals surface area contributed by atoms with E-state index in [1.54, 1.807) is 6.92 Å². The average molecular weight is 401 g/mol. The summed E-state index contributed by atoms with van der Waals surface area (Å²) in [6, 6.07) is 2.99. The Labute approximate surface area is 155 Å². The maximum absolute atomic E-state index is 12.2. The van der Waals surface area contributed by atoms with Crippen LogP contribution in [0.25, 0.3) is 0 Å². The molecule has 0 aromatic heterocycles. The molecule has 2 aliphatic rings. The summed E-state index contributed by atoms with van der Waals surface area (Å²) in [6.45, 7) is 1.93. The van der Waals surface area contributed by atoms with Gasteiger partial charge in [0.1, 0.15) is 0 Å². The molecule has 1 atom stereocenters. The Hall–Kier alpha value is -1.94. The maximum atomic E-state index is 12.2. The highest BCUT2D eigenvalue weighted by Crippen LogP contribution is 2.40. The van der Waals surface area contributed by atoms with E-state index in [1.807, 2.05) is 0 Å². The molecule has 1 aromatic rings. The van der Waals surface area contributed by atoms with Gasteiger partial charge in [0.2, 0.25) is 12.7 Å². The number of nitrogens with one attached hydrogen (secondary N) is 1. The Bertz CT molecular complexity index is 822. The number of fused-ring (bicyclic) bond motifs is 1. The number of ether oxygens (including phenoxy) is 3. The first-order valence-corrected chi connectivity index (χ1v) is 11.0. The number of hydrogen-bond donors (Lipinski definition) is 1. The van der Waals surface area contributed by atoms with Crippen molar-refractivity contribution in [1.29, 1.82) is 0 Å². The van der Waals surface area contributed by atoms with E-state index >= 15 is 0 Å². The van der Waals surface area contributed by atoms with Crippen molar-refractivity contribution in [1.82, 2.24) is 0 Å². The second-order valence-electron chi connectivity index (χ2n) is 5.86. The van der Waals surface area contributed by atoms with Crippen LogP contribution in [0.3, 0.4) is 0 Å². The summed E-state index contributed by atoms with van der Waals surface area (Å²) in [5.41, 5.74) is 0.577. The largest absolute Gasteiger partial charge is 0.462 e. The van der Waals surface area contributed by atoms with Crippen LogP contribution in [0.2, 0.25) is 0 Å². The van der Waals surface area contributed by atoms with Crippen molar-refractivity contribution >= 4 is 39.2 Å². The zero-order valence-corrected chi connectivity index (χ0v) is 15.8. The number of hydrogen-bond acceptors (Lipinski definition) is 8. The molecular weight excluding hydrogens is 382 g/mol. The molecule has 3 rings (SSSR count). The van der Waals surface area contributed by atoms with Crippen molar-refractivity contribution in [3.8, 4) is 11.5 Å². The van der Waals surface area contributed by atoms with Gasteiger partial charge in [-0.25, -0.2) is 13.2 Å². The van der Waals surface area contributed by atoms with Gasteiger partial charge in [-0.15, -0.1) is 11.8 Å². The molecule has 1 fully saturated rings. The number of esters is 1. The average Bonchev–Trinajstić information content (AvgIpc) is 3.19. The number of amides is 1. The summed E-state index contributed by atoms with van der Waals surface area (Å²) in [6.07, 6.45) is 0.560. The van der Waals surface area contributed by atoms with Crippen LogP contribution < -0.4 is 14.8 Å². The monoisotopic (exact) mass is 401 g/mol. The van der Waals surface area contributed by atoms with Gasteiger partial charge >= 0.3 is 5.97 Å². The van der Waals surface area contributed by atoms with Crippen molar-refractivity contribution in [2.24, 2.45) is 0 Å². The van der Waals surface area contributed by atoms with Crippen molar-refractivity contribution in [2.75, 3.05) is 36.0 Å². The van der Waals surface area contributed by atoms with Crippen molar-refractivity contribution < 1.29 is 32.2 Å². The first kappa shape index (κ1) is 18.8. The van der Waals surface area contributed by atoms with Gasteiger partial charge < -0.3 is 19.5 Å². The highest BCUT2D eigenvalue weighted by atomic mass is 32.2. The molecule has 10 heteroatoms. The molecule has 0 bridgehead atoms. The third-order valence-corrected chi connectivity index (χ3v) is 7.18. The summed E-state index contributed by atoms with van der Waals surface area (Å²) < 4.78 is 38.6. The molecule has 1 unspecified atom stereocenters. The Morgan fingerprint density at radius 3 is 2.85 bits per heavy atom. The van der Waals surface area contributed by atoms with Gasteiger partial charge in [0.05, 0.1) is 35.1 Å². The van der Waals surface area contributed by atoms with Crippen LogP contribution in [0.5, 0.6) is 11.5 Å². The van der Waals surface area contributed by atoms with Crippen LogP contribution >= 0.6 is 11.8 Å². The molecule has 0 spiro atoms. The lowest BCUT2D eigenvalue weighted by atomic mass is 10.1. The number of carbonyl (C=O) groups is 2. The lowest BCUT2D eigenvalue weighted by Gasteiger charge is -2.11. The normalized spacial score (nSPS) is 20.0. The van der Waals surface area contributed by atoms with Gasteiger partial charge in [-0.2, -0.15) is 0 Å². The van der Waals surface area contributed by atoms with Gasteiger partial charge in [0.15, 0.2) is 21.3 Å². The van der Waals surface area contributed by atoms with Crippen LogP contribution in [0.15, 0.2) is 12.1 Å². The van der Waals surface area contributed by atoms with Crippen LogP contribution in [-0.2, 0) is 19.4 Å². The fourth-order valence-electron chi connectivity index (χ4n) is 2.71. The lowest BCUT2D eigenvalue weighted by molar-refractivity contribution is -0.113.